The second-order valence-electron chi connectivity index (χ2n) is 6.00. The number of halogens is 3. The highest BCUT2D eigenvalue weighted by atomic mass is 19.4. The van der Waals surface area contributed by atoms with Gasteiger partial charge in [0.05, 0.1) is 6.20 Å². The van der Waals surface area contributed by atoms with Gasteiger partial charge in [0.2, 0.25) is 0 Å². The van der Waals surface area contributed by atoms with Crippen molar-refractivity contribution in [3.05, 3.63) is 42.4 Å². The van der Waals surface area contributed by atoms with Gasteiger partial charge in [0.15, 0.2) is 12.2 Å². The molecule has 1 aliphatic rings. The number of aromatic nitrogens is 1. The second-order valence-corrected chi connectivity index (χ2v) is 6.00. The number of oxazole rings is 1. The first-order valence-electron chi connectivity index (χ1n) is 8.24. The van der Waals surface area contributed by atoms with E-state index < -0.39 is 24.7 Å². The van der Waals surface area contributed by atoms with Crippen molar-refractivity contribution in [3.63, 3.8) is 0 Å². The van der Waals surface area contributed by atoms with E-state index in [9.17, 15) is 18.0 Å². The van der Waals surface area contributed by atoms with Gasteiger partial charge in [-0.05, 0) is 12.1 Å². The lowest BCUT2D eigenvalue weighted by Crippen LogP contribution is -2.57. The van der Waals surface area contributed by atoms with Crippen molar-refractivity contribution in [2.24, 2.45) is 0 Å². The maximum Gasteiger partial charge on any atom is 0.405 e. The predicted octanol–water partition coefficient (Wildman–Crippen LogP) is 1.91. The molecule has 1 atom stereocenters. The lowest BCUT2D eigenvalue weighted by Gasteiger charge is -2.35. The molecule has 3 rings (SSSR count). The number of piperazine rings is 1. The van der Waals surface area contributed by atoms with Crippen molar-refractivity contribution >= 4 is 5.91 Å². The van der Waals surface area contributed by atoms with Crippen LogP contribution in [0.3, 0.4) is 0 Å². The number of amides is 1. The van der Waals surface area contributed by atoms with E-state index in [-0.39, 0.29) is 5.56 Å². The van der Waals surface area contributed by atoms with Gasteiger partial charge in [-0.3, -0.25) is 9.69 Å². The predicted molar refractivity (Wildman–Crippen MR) is 88.6 cm³/mol. The summed E-state index contributed by atoms with van der Waals surface area (Å²) in [5.74, 6) is 0.00584. The number of hydrogen-bond acceptors (Lipinski definition) is 5. The van der Waals surface area contributed by atoms with Gasteiger partial charge < -0.3 is 15.1 Å². The number of alkyl halides is 3. The Hall–Kier alpha value is -2.39. The van der Waals surface area contributed by atoms with Crippen molar-refractivity contribution in [2.75, 3.05) is 32.7 Å². The Morgan fingerprint density at radius 1 is 1.27 bits per heavy atom. The summed E-state index contributed by atoms with van der Waals surface area (Å²) >= 11 is 0. The third-order valence-corrected chi connectivity index (χ3v) is 4.29. The minimum absolute atomic E-state index is 0.287. The van der Waals surface area contributed by atoms with Crippen LogP contribution in [0.1, 0.15) is 10.4 Å². The quantitative estimate of drug-likeness (QED) is 0.844. The van der Waals surface area contributed by atoms with Gasteiger partial charge in [-0.1, -0.05) is 12.1 Å². The van der Waals surface area contributed by atoms with E-state index in [0.29, 0.717) is 31.9 Å². The third-order valence-electron chi connectivity index (χ3n) is 4.29. The number of nitrogens with one attached hydrogen (secondary N) is 2. The van der Waals surface area contributed by atoms with Crippen LogP contribution in [0, 0.1) is 0 Å². The summed E-state index contributed by atoms with van der Waals surface area (Å²) in [7, 11) is 0. The molecule has 0 bridgehead atoms. The summed E-state index contributed by atoms with van der Waals surface area (Å²) in [6.45, 7) is 1.12. The molecule has 6 nitrogen and oxygen atoms in total. The maximum atomic E-state index is 13.3. The molecule has 2 aromatic rings. The Morgan fingerprint density at radius 3 is 2.54 bits per heavy atom. The van der Waals surface area contributed by atoms with Crippen LogP contribution in [0.4, 0.5) is 13.2 Å². The van der Waals surface area contributed by atoms with Crippen molar-refractivity contribution < 1.29 is 22.4 Å². The highest BCUT2D eigenvalue weighted by Gasteiger charge is 2.43. The van der Waals surface area contributed by atoms with Crippen molar-refractivity contribution in [3.8, 4) is 11.3 Å². The standard InChI is InChI=1S/C17H19F3N4O2/c18-17(19,20)15(24-7-5-21-6-8-24)10-23-16(25)13-3-1-12(2-4-13)14-9-22-11-26-14/h1-4,9,11,15,21H,5-8,10H2,(H,23,25). The summed E-state index contributed by atoms with van der Waals surface area (Å²) in [4.78, 5) is 17.4. The third kappa shape index (κ3) is 4.41. The number of carbonyl (C=O) groups is 1. The van der Waals surface area contributed by atoms with Gasteiger partial charge >= 0.3 is 6.18 Å². The van der Waals surface area contributed by atoms with Crippen LogP contribution < -0.4 is 10.6 Å². The van der Waals surface area contributed by atoms with Crippen LogP contribution in [0.2, 0.25) is 0 Å². The normalized spacial score (nSPS) is 17.0. The number of nitrogens with zero attached hydrogens (tertiary/aromatic N) is 2. The molecule has 1 unspecified atom stereocenters. The Kier molecular flexibility index (Phi) is 5.58. The lowest BCUT2D eigenvalue weighted by molar-refractivity contribution is -0.183. The van der Waals surface area contributed by atoms with Gasteiger partial charge in [0, 0.05) is 43.9 Å². The Bertz CT molecular complexity index is 711. The van der Waals surface area contributed by atoms with E-state index in [1.54, 1.807) is 24.3 Å². The minimum atomic E-state index is -4.40. The monoisotopic (exact) mass is 368 g/mol. The van der Waals surface area contributed by atoms with Gasteiger partial charge in [-0.25, -0.2) is 4.98 Å². The van der Waals surface area contributed by atoms with Crippen LogP contribution in [-0.2, 0) is 0 Å². The lowest BCUT2D eigenvalue weighted by atomic mass is 10.1. The highest BCUT2D eigenvalue weighted by molar-refractivity contribution is 5.94. The first-order chi connectivity index (χ1) is 12.4. The molecule has 1 fully saturated rings. The molecule has 0 spiro atoms. The van der Waals surface area contributed by atoms with Crippen LogP contribution >= 0.6 is 0 Å². The topological polar surface area (TPSA) is 70.4 Å². The average Bonchev–Trinajstić information content (AvgIpc) is 3.16. The first-order valence-corrected chi connectivity index (χ1v) is 8.24. The summed E-state index contributed by atoms with van der Waals surface area (Å²) < 4.78 is 45.2. The molecular weight excluding hydrogens is 349 g/mol. The zero-order chi connectivity index (χ0) is 18.6. The molecule has 0 saturated carbocycles. The maximum absolute atomic E-state index is 13.3. The van der Waals surface area contributed by atoms with Crippen molar-refractivity contribution in [2.45, 2.75) is 12.2 Å². The molecule has 1 aromatic carbocycles. The summed E-state index contributed by atoms with van der Waals surface area (Å²) in [5, 5.41) is 5.42. The largest absolute Gasteiger partial charge is 0.444 e. The fourth-order valence-electron chi connectivity index (χ4n) is 2.88. The van der Waals surface area contributed by atoms with E-state index in [4.69, 9.17) is 4.42 Å². The van der Waals surface area contributed by atoms with Crippen molar-refractivity contribution in [1.82, 2.24) is 20.5 Å². The molecule has 140 valence electrons. The van der Waals surface area contributed by atoms with Gasteiger partial charge in [0.25, 0.3) is 5.91 Å². The second kappa shape index (κ2) is 7.88. The molecule has 26 heavy (non-hydrogen) atoms. The van der Waals surface area contributed by atoms with Gasteiger partial charge in [-0.15, -0.1) is 0 Å². The fraction of sp³-hybridized carbons (Fsp3) is 0.412. The van der Waals surface area contributed by atoms with Crippen molar-refractivity contribution in [1.29, 1.82) is 0 Å². The number of hydrogen-bond donors (Lipinski definition) is 2. The first kappa shape index (κ1) is 18.4. The Morgan fingerprint density at radius 2 is 1.96 bits per heavy atom. The molecule has 1 aliphatic heterocycles. The van der Waals surface area contributed by atoms with Gasteiger partial charge in [-0.2, -0.15) is 13.2 Å². The van der Waals surface area contributed by atoms with Gasteiger partial charge in [0.1, 0.15) is 6.04 Å². The van der Waals surface area contributed by atoms with Crippen LogP contribution in [-0.4, -0.2) is 60.7 Å². The molecule has 1 saturated heterocycles. The molecule has 9 heteroatoms. The average molecular weight is 368 g/mol. The van der Waals surface area contributed by atoms with E-state index in [2.05, 4.69) is 15.6 Å². The molecule has 0 aliphatic carbocycles. The highest BCUT2D eigenvalue weighted by Crippen LogP contribution is 2.25. The van der Waals surface area contributed by atoms with Crippen LogP contribution in [0.15, 0.2) is 41.3 Å². The number of carbonyl (C=O) groups excluding carboxylic acids is 1. The van der Waals surface area contributed by atoms with E-state index >= 15 is 0 Å². The van der Waals surface area contributed by atoms with E-state index in [1.807, 2.05) is 0 Å². The number of benzene rings is 1. The summed E-state index contributed by atoms with van der Waals surface area (Å²) in [5.41, 5.74) is 1.02. The SMILES string of the molecule is O=C(NCC(N1CCNCC1)C(F)(F)F)c1ccc(-c2cnco2)cc1. The molecule has 0 radical (unpaired) electrons. The molecule has 2 heterocycles. The Labute approximate surface area is 148 Å². The van der Waals surface area contributed by atoms with Crippen LogP contribution in [0.5, 0.6) is 0 Å². The molecule has 1 aromatic heterocycles. The summed E-state index contributed by atoms with van der Waals surface area (Å²) in [6.07, 6.45) is -1.57. The zero-order valence-electron chi connectivity index (χ0n) is 13.9. The minimum Gasteiger partial charge on any atom is -0.444 e. The Balaban J connectivity index is 1.62. The van der Waals surface area contributed by atoms with E-state index in [1.165, 1.54) is 17.5 Å². The zero-order valence-corrected chi connectivity index (χ0v) is 13.9. The van der Waals surface area contributed by atoms with Crippen LogP contribution in [0.25, 0.3) is 11.3 Å². The fourth-order valence-corrected chi connectivity index (χ4v) is 2.88. The molecular formula is C17H19F3N4O2. The molecule has 2 N–H and O–H groups in total. The molecule has 1 amide bonds. The van der Waals surface area contributed by atoms with E-state index in [0.717, 1.165) is 5.56 Å². The summed E-state index contributed by atoms with van der Waals surface area (Å²) in [6, 6.07) is 4.71. The number of rotatable bonds is 5. The smallest absolute Gasteiger partial charge is 0.405 e.